The van der Waals surface area contributed by atoms with Gasteiger partial charge in [0.2, 0.25) is 0 Å². The number of rotatable bonds is 2. The van der Waals surface area contributed by atoms with Gasteiger partial charge >= 0.3 is 0 Å². The number of nitrogens with two attached hydrogens (primary N) is 1. The van der Waals surface area contributed by atoms with Crippen LogP contribution in [0.15, 0.2) is 24.6 Å². The molecule has 0 atom stereocenters. The van der Waals surface area contributed by atoms with Crippen molar-refractivity contribution in [2.75, 3.05) is 13.1 Å². The van der Waals surface area contributed by atoms with Crippen LogP contribution in [0.3, 0.4) is 0 Å². The van der Waals surface area contributed by atoms with Crippen LogP contribution in [0.1, 0.15) is 19.8 Å². The molecule has 0 spiro atoms. The van der Waals surface area contributed by atoms with Crippen LogP contribution < -0.4 is 5.73 Å². The monoisotopic (exact) mass is 166 g/mol. The van der Waals surface area contributed by atoms with Crippen LogP contribution in [0.2, 0.25) is 0 Å². The Kier molecular flexibility index (Phi) is 2.79. The highest BCUT2D eigenvalue weighted by Crippen LogP contribution is 2.23. The first-order valence-electron chi connectivity index (χ1n) is 4.46. The summed E-state index contributed by atoms with van der Waals surface area (Å²) in [6.45, 7) is 11.9. The minimum Gasteiger partial charge on any atom is -0.386 e. The van der Waals surface area contributed by atoms with Crippen molar-refractivity contribution in [2.45, 2.75) is 19.8 Å². The molecule has 0 aromatic heterocycles. The first kappa shape index (κ1) is 9.17. The molecule has 0 aromatic carbocycles. The maximum Gasteiger partial charge on any atom is 0.0912 e. The van der Waals surface area contributed by atoms with E-state index in [1.807, 2.05) is 0 Å². The van der Waals surface area contributed by atoms with Gasteiger partial charge in [0.05, 0.1) is 5.82 Å². The van der Waals surface area contributed by atoms with Gasteiger partial charge in [-0.25, -0.2) is 0 Å². The number of likely N-dealkylation sites (tertiary alicyclic amines) is 1. The van der Waals surface area contributed by atoms with Crippen molar-refractivity contribution in [3.05, 3.63) is 24.6 Å². The Morgan fingerprint density at radius 3 is 2.17 bits per heavy atom. The average Bonchev–Trinajstić information content (AvgIpc) is 2.04. The minimum absolute atomic E-state index is 0.695. The second kappa shape index (κ2) is 3.65. The van der Waals surface area contributed by atoms with Crippen LogP contribution in [-0.2, 0) is 0 Å². The molecule has 2 N–H and O–H groups in total. The molecule has 1 aliphatic rings. The van der Waals surface area contributed by atoms with Crippen molar-refractivity contribution >= 4 is 0 Å². The molecule has 1 rings (SSSR count). The van der Waals surface area contributed by atoms with E-state index in [9.17, 15) is 0 Å². The van der Waals surface area contributed by atoms with Gasteiger partial charge in [0.1, 0.15) is 0 Å². The molecule has 0 radical (unpaired) electrons. The number of allylic oxidation sites excluding steroid dienone is 1. The lowest BCUT2D eigenvalue weighted by Gasteiger charge is -2.33. The Labute approximate surface area is 74.7 Å². The second-order valence-electron chi connectivity index (χ2n) is 3.60. The van der Waals surface area contributed by atoms with E-state index in [-0.39, 0.29) is 0 Å². The largest absolute Gasteiger partial charge is 0.386 e. The molecule has 0 amide bonds. The molecule has 1 saturated heterocycles. The van der Waals surface area contributed by atoms with Crippen molar-refractivity contribution in [1.82, 2.24) is 4.90 Å². The van der Waals surface area contributed by atoms with E-state index in [0.29, 0.717) is 11.7 Å². The number of nitrogens with zero attached hydrogens (tertiary/aromatic N) is 1. The van der Waals surface area contributed by atoms with Crippen LogP contribution in [0.5, 0.6) is 0 Å². The summed E-state index contributed by atoms with van der Waals surface area (Å²) in [5, 5.41) is 0. The van der Waals surface area contributed by atoms with Crippen LogP contribution in [0.4, 0.5) is 0 Å². The number of hydrogen-bond donors (Lipinski definition) is 1. The second-order valence-corrected chi connectivity index (χ2v) is 3.60. The predicted octanol–water partition coefficient (Wildman–Crippen LogP) is 1.70. The fourth-order valence-corrected chi connectivity index (χ4v) is 1.66. The van der Waals surface area contributed by atoms with Gasteiger partial charge in [0.15, 0.2) is 0 Å². The van der Waals surface area contributed by atoms with E-state index in [0.717, 1.165) is 13.1 Å². The van der Waals surface area contributed by atoms with E-state index in [1.165, 1.54) is 18.4 Å². The zero-order chi connectivity index (χ0) is 9.14. The molecule has 0 unspecified atom stereocenters. The molecule has 2 nitrogen and oxygen atoms in total. The number of piperidine rings is 1. The third-order valence-electron chi connectivity index (χ3n) is 2.60. The molecular weight excluding hydrogens is 148 g/mol. The van der Waals surface area contributed by atoms with Crippen LogP contribution in [-0.4, -0.2) is 18.0 Å². The van der Waals surface area contributed by atoms with Gasteiger partial charge in [-0.2, -0.15) is 0 Å². The highest BCUT2D eigenvalue weighted by Gasteiger charge is 2.18. The quantitative estimate of drug-likeness (QED) is 0.633. The first-order chi connectivity index (χ1) is 5.61. The van der Waals surface area contributed by atoms with E-state index in [2.05, 4.69) is 25.0 Å². The maximum absolute atomic E-state index is 5.60. The summed E-state index contributed by atoms with van der Waals surface area (Å²) < 4.78 is 0. The third-order valence-corrected chi connectivity index (χ3v) is 2.60. The normalized spacial score (nSPS) is 19.2. The highest BCUT2D eigenvalue weighted by molar-refractivity contribution is 5.00. The van der Waals surface area contributed by atoms with Crippen LogP contribution in [0, 0.1) is 5.92 Å². The van der Waals surface area contributed by atoms with Gasteiger partial charge in [0.25, 0.3) is 0 Å². The molecule has 0 aromatic rings. The lowest BCUT2D eigenvalue weighted by Crippen LogP contribution is -2.35. The Balaban J connectivity index is 2.39. The molecule has 0 bridgehead atoms. The summed E-state index contributed by atoms with van der Waals surface area (Å²) >= 11 is 0. The minimum atomic E-state index is 0.695. The molecule has 12 heavy (non-hydrogen) atoms. The maximum atomic E-state index is 5.60. The fourth-order valence-electron chi connectivity index (χ4n) is 1.66. The average molecular weight is 166 g/mol. The van der Waals surface area contributed by atoms with Gasteiger partial charge in [-0.05, 0) is 25.7 Å². The summed E-state index contributed by atoms with van der Waals surface area (Å²) in [5.41, 5.74) is 6.90. The summed E-state index contributed by atoms with van der Waals surface area (Å²) in [7, 11) is 0. The van der Waals surface area contributed by atoms with Gasteiger partial charge in [-0.1, -0.05) is 18.7 Å². The molecule has 1 fully saturated rings. The van der Waals surface area contributed by atoms with E-state index >= 15 is 0 Å². The van der Waals surface area contributed by atoms with Gasteiger partial charge in [-0.15, -0.1) is 0 Å². The Hall–Kier alpha value is -0.920. The summed E-state index contributed by atoms with van der Waals surface area (Å²) in [5.74, 6) is 1.40. The topological polar surface area (TPSA) is 29.3 Å². The summed E-state index contributed by atoms with van der Waals surface area (Å²) in [6.07, 6.45) is 2.34. The molecule has 1 aliphatic heterocycles. The number of hydrogen-bond acceptors (Lipinski definition) is 2. The van der Waals surface area contributed by atoms with Crippen molar-refractivity contribution in [3.8, 4) is 0 Å². The SMILES string of the molecule is C=C(C)C1CCN(C(=C)N)CC1. The molecule has 0 saturated carbocycles. The van der Waals surface area contributed by atoms with E-state index < -0.39 is 0 Å². The van der Waals surface area contributed by atoms with Gasteiger partial charge < -0.3 is 10.6 Å². The van der Waals surface area contributed by atoms with E-state index in [4.69, 9.17) is 5.73 Å². The van der Waals surface area contributed by atoms with Gasteiger partial charge in [-0.3, -0.25) is 0 Å². The third kappa shape index (κ3) is 2.03. The highest BCUT2D eigenvalue weighted by atomic mass is 15.2. The lowest BCUT2D eigenvalue weighted by atomic mass is 9.91. The lowest BCUT2D eigenvalue weighted by molar-refractivity contribution is 0.244. The standard InChI is InChI=1S/C10H18N2/c1-8(2)10-4-6-12(7-5-10)9(3)11/h10H,1,3-7,11H2,2H3. The summed E-state index contributed by atoms with van der Waals surface area (Å²) in [4.78, 5) is 2.14. The smallest absolute Gasteiger partial charge is 0.0912 e. The van der Waals surface area contributed by atoms with E-state index in [1.54, 1.807) is 0 Å². The van der Waals surface area contributed by atoms with Crippen LogP contribution >= 0.6 is 0 Å². The molecule has 68 valence electrons. The Morgan fingerprint density at radius 2 is 1.83 bits per heavy atom. The molecular formula is C10H18N2. The summed E-state index contributed by atoms with van der Waals surface area (Å²) in [6, 6.07) is 0. The van der Waals surface area contributed by atoms with Crippen molar-refractivity contribution in [1.29, 1.82) is 0 Å². The van der Waals surface area contributed by atoms with Crippen LogP contribution in [0.25, 0.3) is 0 Å². The zero-order valence-corrected chi connectivity index (χ0v) is 7.84. The van der Waals surface area contributed by atoms with Crippen molar-refractivity contribution in [3.63, 3.8) is 0 Å². The Morgan fingerprint density at radius 1 is 1.33 bits per heavy atom. The van der Waals surface area contributed by atoms with Gasteiger partial charge in [0, 0.05) is 13.1 Å². The zero-order valence-electron chi connectivity index (χ0n) is 7.84. The first-order valence-corrected chi connectivity index (χ1v) is 4.46. The predicted molar refractivity (Wildman–Crippen MR) is 52.4 cm³/mol. The van der Waals surface area contributed by atoms with Crippen molar-refractivity contribution < 1.29 is 0 Å². The van der Waals surface area contributed by atoms with Crippen molar-refractivity contribution in [2.24, 2.45) is 11.7 Å². The molecule has 2 heteroatoms. The molecule has 1 heterocycles. The Bertz CT molecular complexity index is 166. The fraction of sp³-hybridized carbons (Fsp3) is 0.600. The molecule has 0 aliphatic carbocycles.